The van der Waals surface area contributed by atoms with Crippen molar-refractivity contribution in [2.45, 2.75) is 38.8 Å². The summed E-state index contributed by atoms with van der Waals surface area (Å²) >= 11 is 0. The van der Waals surface area contributed by atoms with Crippen LogP contribution in [0, 0.1) is 5.41 Å². The van der Waals surface area contributed by atoms with E-state index in [0.29, 0.717) is 6.04 Å². The monoisotopic (exact) mass is 349 g/mol. The molecular formula is C22H27N3O. The van der Waals surface area contributed by atoms with E-state index in [1.807, 2.05) is 62.5 Å². The van der Waals surface area contributed by atoms with Gasteiger partial charge in [-0.3, -0.25) is 4.99 Å². The van der Waals surface area contributed by atoms with E-state index in [0.717, 1.165) is 22.5 Å². The van der Waals surface area contributed by atoms with Crippen LogP contribution in [-0.2, 0) is 0 Å². The van der Waals surface area contributed by atoms with Crippen LogP contribution < -0.4 is 10.1 Å². The fourth-order valence-corrected chi connectivity index (χ4v) is 2.10. The Kier molecular flexibility index (Phi) is 7.62. The number of hydrogen-bond donors (Lipinski definition) is 2. The first-order valence-electron chi connectivity index (χ1n) is 8.87. The molecule has 1 aromatic carbocycles. The van der Waals surface area contributed by atoms with E-state index in [4.69, 9.17) is 10.1 Å². The second-order valence-electron chi connectivity index (χ2n) is 6.42. The molecule has 0 heterocycles. The molecule has 1 saturated carbocycles. The van der Waals surface area contributed by atoms with Crippen LogP contribution in [0.2, 0.25) is 0 Å². The number of nitrogens with one attached hydrogen (secondary N) is 2. The van der Waals surface area contributed by atoms with Crippen molar-refractivity contribution in [1.82, 2.24) is 5.32 Å². The largest absolute Gasteiger partial charge is 0.491 e. The van der Waals surface area contributed by atoms with Gasteiger partial charge in [-0.2, -0.15) is 0 Å². The topological polar surface area (TPSA) is 57.5 Å². The van der Waals surface area contributed by atoms with Crippen molar-refractivity contribution in [3.8, 4) is 5.75 Å². The lowest BCUT2D eigenvalue weighted by Crippen LogP contribution is -2.09. The molecule has 26 heavy (non-hydrogen) atoms. The first kappa shape index (κ1) is 19.4. The maximum atomic E-state index is 7.47. The van der Waals surface area contributed by atoms with Gasteiger partial charge in [0.05, 0.1) is 6.10 Å². The van der Waals surface area contributed by atoms with Gasteiger partial charge < -0.3 is 15.5 Å². The maximum Gasteiger partial charge on any atom is 0.119 e. The Morgan fingerprint density at radius 2 is 2.04 bits per heavy atom. The second-order valence-corrected chi connectivity index (χ2v) is 6.42. The zero-order valence-electron chi connectivity index (χ0n) is 15.5. The number of rotatable bonds is 10. The molecule has 1 fully saturated rings. The van der Waals surface area contributed by atoms with Crippen LogP contribution in [0.5, 0.6) is 5.75 Å². The van der Waals surface area contributed by atoms with Gasteiger partial charge in [-0.25, -0.2) is 0 Å². The predicted molar refractivity (Wildman–Crippen MR) is 111 cm³/mol. The number of hydrogen-bond acceptors (Lipinski definition) is 4. The maximum absolute atomic E-state index is 7.47. The summed E-state index contributed by atoms with van der Waals surface area (Å²) < 4.78 is 5.62. The molecule has 2 rings (SSSR count). The molecule has 0 aromatic heterocycles. The average Bonchev–Trinajstić information content (AvgIpc) is 3.44. The van der Waals surface area contributed by atoms with Crippen molar-refractivity contribution < 1.29 is 4.74 Å². The minimum absolute atomic E-state index is 0.176. The van der Waals surface area contributed by atoms with E-state index < -0.39 is 0 Å². The molecule has 4 heteroatoms. The third-order valence-corrected chi connectivity index (χ3v) is 3.65. The highest BCUT2D eigenvalue weighted by molar-refractivity contribution is 5.84. The third-order valence-electron chi connectivity index (χ3n) is 3.65. The molecule has 4 nitrogen and oxygen atoms in total. The molecule has 0 unspecified atom stereocenters. The van der Waals surface area contributed by atoms with E-state index in [1.165, 1.54) is 19.1 Å². The van der Waals surface area contributed by atoms with Gasteiger partial charge >= 0.3 is 0 Å². The number of nitrogens with zero attached hydrogens (tertiary/aromatic N) is 1. The van der Waals surface area contributed by atoms with Crippen LogP contribution >= 0.6 is 0 Å². The van der Waals surface area contributed by atoms with Crippen molar-refractivity contribution in [2.24, 2.45) is 4.99 Å². The molecule has 0 spiro atoms. The van der Waals surface area contributed by atoms with Crippen molar-refractivity contribution in [3.63, 3.8) is 0 Å². The Labute approximate surface area is 156 Å². The highest BCUT2D eigenvalue weighted by Gasteiger charge is 2.19. The van der Waals surface area contributed by atoms with Crippen molar-refractivity contribution in [3.05, 3.63) is 72.1 Å². The number of ether oxygens (including phenoxy) is 1. The smallest absolute Gasteiger partial charge is 0.119 e. The average molecular weight is 349 g/mol. The summed E-state index contributed by atoms with van der Waals surface area (Å²) in [5.74, 6) is 0.869. The molecule has 1 aliphatic rings. The van der Waals surface area contributed by atoms with Crippen LogP contribution in [0.3, 0.4) is 0 Å². The standard InChI is InChI=1S/C22H27N3O/c1-17(2)26-22-10-6-19(7-11-22)12-14-24-13-4-5-18(3)20(15-23)16-25-21-8-9-21/h4-7,10-17,21,23,25H,3,8-9H2,1-2H3/b5-4-,14-12+,20-16+,23-15?,24-13+. The molecule has 0 atom stereocenters. The van der Waals surface area contributed by atoms with Crippen LogP contribution in [-0.4, -0.2) is 24.6 Å². The summed E-state index contributed by atoms with van der Waals surface area (Å²) in [5, 5.41) is 10.7. The highest BCUT2D eigenvalue weighted by atomic mass is 16.5. The van der Waals surface area contributed by atoms with E-state index in [1.54, 1.807) is 12.4 Å². The van der Waals surface area contributed by atoms with Gasteiger partial charge in [-0.15, -0.1) is 0 Å². The SMILES string of the molecule is C=C(\C=C/C=N/C=C/c1ccc(OC(C)C)cc1)/C(C=N)=C/NC1CC1. The molecule has 1 aliphatic carbocycles. The van der Waals surface area contributed by atoms with Crippen molar-refractivity contribution >= 4 is 18.5 Å². The Morgan fingerprint density at radius 1 is 1.31 bits per heavy atom. The van der Waals surface area contributed by atoms with Gasteiger partial charge in [0.2, 0.25) is 0 Å². The quantitative estimate of drug-likeness (QED) is 0.465. The summed E-state index contributed by atoms with van der Waals surface area (Å²) in [6.45, 7) is 8.00. The molecule has 0 bridgehead atoms. The Hall–Kier alpha value is -2.88. The summed E-state index contributed by atoms with van der Waals surface area (Å²) in [7, 11) is 0. The molecule has 0 amide bonds. The van der Waals surface area contributed by atoms with Crippen LogP contribution in [0.25, 0.3) is 6.08 Å². The molecule has 0 saturated heterocycles. The molecule has 136 valence electrons. The number of aliphatic imine (C=N–C) groups is 1. The molecule has 0 aliphatic heterocycles. The summed E-state index contributed by atoms with van der Waals surface area (Å²) in [5.41, 5.74) is 2.62. The number of allylic oxidation sites excluding steroid dienone is 4. The first-order valence-corrected chi connectivity index (χ1v) is 8.87. The minimum atomic E-state index is 0.176. The lowest BCUT2D eigenvalue weighted by Gasteiger charge is -2.09. The fraction of sp³-hybridized carbons (Fsp3) is 0.273. The van der Waals surface area contributed by atoms with Gasteiger partial charge in [-0.1, -0.05) is 24.8 Å². The van der Waals surface area contributed by atoms with Crippen LogP contribution in [0.4, 0.5) is 0 Å². The zero-order chi connectivity index (χ0) is 18.8. The molecule has 1 aromatic rings. The minimum Gasteiger partial charge on any atom is -0.491 e. The first-order chi connectivity index (χ1) is 12.6. The normalized spacial score (nSPS) is 15.3. The Balaban J connectivity index is 1.80. The molecule has 0 radical (unpaired) electrons. The zero-order valence-corrected chi connectivity index (χ0v) is 15.5. The Morgan fingerprint density at radius 3 is 2.65 bits per heavy atom. The van der Waals surface area contributed by atoms with Gasteiger partial charge in [0.25, 0.3) is 0 Å². The van der Waals surface area contributed by atoms with Gasteiger partial charge in [0.1, 0.15) is 5.75 Å². The lowest BCUT2D eigenvalue weighted by molar-refractivity contribution is 0.242. The highest BCUT2D eigenvalue weighted by Crippen LogP contribution is 2.19. The van der Waals surface area contributed by atoms with Crippen molar-refractivity contribution in [2.75, 3.05) is 0 Å². The van der Waals surface area contributed by atoms with Crippen LogP contribution in [0.1, 0.15) is 32.3 Å². The summed E-state index contributed by atoms with van der Waals surface area (Å²) in [6.07, 6.45) is 14.8. The molecule has 2 N–H and O–H groups in total. The summed E-state index contributed by atoms with van der Waals surface area (Å²) in [6, 6.07) is 8.46. The van der Waals surface area contributed by atoms with E-state index in [-0.39, 0.29) is 6.10 Å². The van der Waals surface area contributed by atoms with E-state index in [2.05, 4.69) is 16.9 Å². The van der Waals surface area contributed by atoms with Crippen LogP contribution in [0.15, 0.2) is 71.5 Å². The Bertz CT molecular complexity index is 720. The van der Waals surface area contributed by atoms with Gasteiger partial charge in [0.15, 0.2) is 0 Å². The lowest BCUT2D eigenvalue weighted by atomic mass is 10.1. The van der Waals surface area contributed by atoms with E-state index in [9.17, 15) is 0 Å². The second kappa shape index (κ2) is 10.2. The van der Waals surface area contributed by atoms with Gasteiger partial charge in [0, 0.05) is 36.4 Å². The fourth-order valence-electron chi connectivity index (χ4n) is 2.10. The molecular weight excluding hydrogens is 322 g/mol. The number of benzene rings is 1. The van der Waals surface area contributed by atoms with Gasteiger partial charge in [-0.05, 0) is 62.1 Å². The third kappa shape index (κ3) is 7.34. The van der Waals surface area contributed by atoms with Crippen molar-refractivity contribution in [1.29, 1.82) is 5.41 Å². The summed E-state index contributed by atoms with van der Waals surface area (Å²) in [4.78, 5) is 4.22. The predicted octanol–water partition coefficient (Wildman–Crippen LogP) is 4.91. The van der Waals surface area contributed by atoms with E-state index >= 15 is 0 Å².